The van der Waals surface area contributed by atoms with Gasteiger partial charge in [0.2, 0.25) is 10.0 Å². The number of terminal acetylenes is 1. The topological polar surface area (TPSA) is 63.7 Å². The number of benzene rings is 1. The maximum Gasteiger partial charge on any atom is 0.335 e. The van der Waals surface area contributed by atoms with Gasteiger partial charge >= 0.3 is 5.97 Å². The van der Waals surface area contributed by atoms with Crippen LogP contribution in [0.3, 0.4) is 0 Å². The second-order valence-corrected chi connectivity index (χ2v) is 5.71. The van der Waals surface area contributed by atoms with E-state index in [1.807, 2.05) is 0 Å². The Morgan fingerprint density at radius 3 is 2.72 bits per heavy atom. The number of hydrogen-bond donors (Lipinski definition) is 0. The minimum absolute atomic E-state index is 0.124. The van der Waals surface area contributed by atoms with E-state index in [-0.39, 0.29) is 4.90 Å². The zero-order chi connectivity index (χ0) is 13.8. The van der Waals surface area contributed by atoms with Crippen molar-refractivity contribution in [2.24, 2.45) is 0 Å². The van der Waals surface area contributed by atoms with Gasteiger partial charge in [-0.25, -0.2) is 13.2 Å². The maximum absolute atomic E-state index is 12.1. The lowest BCUT2D eigenvalue weighted by Crippen LogP contribution is -2.32. The van der Waals surface area contributed by atoms with E-state index in [0.29, 0.717) is 0 Å². The quantitative estimate of drug-likeness (QED) is 0.596. The third-order valence-corrected chi connectivity index (χ3v) is 4.02. The van der Waals surface area contributed by atoms with E-state index in [1.54, 1.807) is 25.2 Å². The molecule has 6 heteroatoms. The Morgan fingerprint density at radius 1 is 1.50 bits per heavy atom. The van der Waals surface area contributed by atoms with Crippen LogP contribution in [0, 0.1) is 19.5 Å². The zero-order valence-electron chi connectivity index (χ0n) is 10.1. The number of aryl methyl sites for hydroxylation is 1. The van der Waals surface area contributed by atoms with Crippen LogP contribution in [0.5, 0.6) is 0 Å². The van der Waals surface area contributed by atoms with Gasteiger partial charge in [-0.2, -0.15) is 4.31 Å². The molecule has 0 bridgehead atoms. The summed E-state index contributed by atoms with van der Waals surface area (Å²) in [6.07, 6.45) is 6.49. The molecular weight excluding hydrogens is 254 g/mol. The van der Waals surface area contributed by atoms with Crippen molar-refractivity contribution in [2.45, 2.75) is 11.8 Å². The highest BCUT2D eigenvalue weighted by molar-refractivity contribution is 7.89. The van der Waals surface area contributed by atoms with Gasteiger partial charge in [0, 0.05) is 7.05 Å². The van der Waals surface area contributed by atoms with E-state index in [4.69, 9.17) is 6.42 Å². The number of carbonyl (C=O) groups is 1. The molecule has 0 amide bonds. The average molecular weight is 267 g/mol. The lowest BCUT2D eigenvalue weighted by molar-refractivity contribution is -0.136. The summed E-state index contributed by atoms with van der Waals surface area (Å²) in [5, 5.41) is 0. The summed E-state index contributed by atoms with van der Waals surface area (Å²) >= 11 is 0. The van der Waals surface area contributed by atoms with Gasteiger partial charge in [0.15, 0.2) is 0 Å². The first-order chi connectivity index (χ1) is 8.37. The van der Waals surface area contributed by atoms with E-state index < -0.39 is 22.5 Å². The fraction of sp³-hybridized carbons (Fsp3) is 0.250. The molecule has 1 rings (SSSR count). The molecule has 1 aromatic carbocycles. The summed E-state index contributed by atoms with van der Waals surface area (Å²) in [7, 11) is -2.42. The van der Waals surface area contributed by atoms with E-state index in [1.165, 1.54) is 19.2 Å². The second-order valence-electron chi connectivity index (χ2n) is 3.67. The number of hydrogen-bond acceptors (Lipinski definition) is 4. The molecule has 0 saturated heterocycles. The summed E-state index contributed by atoms with van der Waals surface area (Å²) in [6.45, 7) is 1.35. The fourth-order valence-corrected chi connectivity index (χ4v) is 2.54. The van der Waals surface area contributed by atoms with Gasteiger partial charge in [0.05, 0.1) is 4.90 Å². The highest BCUT2D eigenvalue weighted by Crippen LogP contribution is 2.15. The van der Waals surface area contributed by atoms with Crippen LogP contribution in [-0.4, -0.2) is 32.3 Å². The number of rotatable bonds is 4. The molecule has 0 aliphatic rings. The van der Waals surface area contributed by atoms with Gasteiger partial charge < -0.3 is 4.74 Å². The number of sulfonamides is 1. The maximum atomic E-state index is 12.1. The smallest absolute Gasteiger partial charge is 0.335 e. The second kappa shape index (κ2) is 5.67. The molecule has 0 fully saturated rings. The van der Waals surface area contributed by atoms with Crippen LogP contribution in [0.2, 0.25) is 0 Å². The van der Waals surface area contributed by atoms with Gasteiger partial charge in [-0.05, 0) is 24.6 Å². The van der Waals surface area contributed by atoms with Crippen molar-refractivity contribution < 1.29 is 17.9 Å². The predicted octanol–water partition coefficient (Wildman–Crippen LogP) is 0.749. The molecule has 5 nitrogen and oxygen atoms in total. The Hall–Kier alpha value is -1.84. The third kappa shape index (κ3) is 3.32. The van der Waals surface area contributed by atoms with Crippen molar-refractivity contribution in [3.05, 3.63) is 29.8 Å². The summed E-state index contributed by atoms with van der Waals surface area (Å²) in [4.78, 5) is 11.3. The number of likely N-dealkylation sites (N-methyl/N-ethyl adjacent to an activating group) is 1. The SMILES string of the molecule is C#COC(=O)CN(C)S(=O)(=O)c1cccc(C)c1. The Morgan fingerprint density at radius 2 is 2.17 bits per heavy atom. The molecule has 0 N–H and O–H groups in total. The lowest BCUT2D eigenvalue weighted by atomic mass is 10.2. The van der Waals surface area contributed by atoms with E-state index in [0.717, 1.165) is 9.87 Å². The minimum Gasteiger partial charge on any atom is -0.371 e. The molecule has 18 heavy (non-hydrogen) atoms. The van der Waals surface area contributed by atoms with Crippen LogP contribution >= 0.6 is 0 Å². The third-order valence-electron chi connectivity index (χ3n) is 2.22. The zero-order valence-corrected chi connectivity index (χ0v) is 10.9. The highest BCUT2D eigenvalue weighted by Gasteiger charge is 2.23. The van der Waals surface area contributed by atoms with Crippen LogP contribution in [-0.2, 0) is 19.6 Å². The Labute approximate surface area is 106 Å². The molecule has 0 radical (unpaired) electrons. The molecule has 96 valence electrons. The molecule has 0 spiro atoms. The minimum atomic E-state index is -3.71. The van der Waals surface area contributed by atoms with Gasteiger partial charge in [0.25, 0.3) is 0 Å². The molecule has 0 unspecified atom stereocenters. The lowest BCUT2D eigenvalue weighted by Gasteiger charge is -2.15. The van der Waals surface area contributed by atoms with E-state index in [9.17, 15) is 13.2 Å². The Balaban J connectivity index is 2.94. The first-order valence-electron chi connectivity index (χ1n) is 5.06. The number of nitrogens with zero attached hydrogens (tertiary/aromatic N) is 1. The molecule has 0 aliphatic heterocycles. The van der Waals surface area contributed by atoms with Crippen LogP contribution in [0.1, 0.15) is 5.56 Å². The van der Waals surface area contributed by atoms with Crippen molar-refractivity contribution in [3.8, 4) is 12.5 Å². The molecule has 0 saturated carbocycles. The standard InChI is InChI=1S/C12H13NO4S/c1-4-17-12(14)9-13(3)18(15,16)11-7-5-6-10(2)8-11/h1,5-8H,9H2,2-3H3. The Kier molecular flexibility index (Phi) is 4.48. The fourth-order valence-electron chi connectivity index (χ4n) is 1.32. The van der Waals surface area contributed by atoms with Crippen molar-refractivity contribution in [3.63, 3.8) is 0 Å². The van der Waals surface area contributed by atoms with Crippen molar-refractivity contribution in [1.29, 1.82) is 0 Å². The van der Waals surface area contributed by atoms with Gasteiger partial charge in [-0.3, -0.25) is 0 Å². The first-order valence-corrected chi connectivity index (χ1v) is 6.50. The van der Waals surface area contributed by atoms with Crippen LogP contribution < -0.4 is 0 Å². The van der Waals surface area contributed by atoms with Gasteiger partial charge in [-0.1, -0.05) is 18.6 Å². The molecule has 0 aromatic heterocycles. The predicted molar refractivity (Wildman–Crippen MR) is 65.9 cm³/mol. The first kappa shape index (κ1) is 14.2. The van der Waals surface area contributed by atoms with Crippen molar-refractivity contribution in [1.82, 2.24) is 4.31 Å². The molecular formula is C12H13NO4S. The van der Waals surface area contributed by atoms with Crippen LogP contribution in [0.15, 0.2) is 29.2 Å². The Bertz CT molecular complexity index is 586. The number of esters is 1. The van der Waals surface area contributed by atoms with Gasteiger partial charge in [-0.15, -0.1) is 0 Å². The summed E-state index contributed by atoms with van der Waals surface area (Å²) in [5.74, 6) is -0.795. The summed E-state index contributed by atoms with van der Waals surface area (Å²) in [6, 6.07) is 6.41. The molecule has 0 heterocycles. The number of carbonyl (C=O) groups excluding carboxylic acids is 1. The van der Waals surface area contributed by atoms with Crippen molar-refractivity contribution in [2.75, 3.05) is 13.6 Å². The molecule has 1 aromatic rings. The summed E-state index contributed by atoms with van der Waals surface area (Å²) in [5.41, 5.74) is 0.815. The van der Waals surface area contributed by atoms with Gasteiger partial charge in [0.1, 0.15) is 12.7 Å². The van der Waals surface area contributed by atoms with Crippen LogP contribution in [0.4, 0.5) is 0 Å². The normalized spacial score (nSPS) is 11.0. The summed E-state index contributed by atoms with van der Waals surface area (Å²) < 4.78 is 29.3. The molecule has 0 atom stereocenters. The van der Waals surface area contributed by atoms with Crippen LogP contribution in [0.25, 0.3) is 0 Å². The van der Waals surface area contributed by atoms with E-state index >= 15 is 0 Å². The highest BCUT2D eigenvalue weighted by atomic mass is 32.2. The average Bonchev–Trinajstić information content (AvgIpc) is 2.29. The van der Waals surface area contributed by atoms with Crippen molar-refractivity contribution >= 4 is 16.0 Å². The van der Waals surface area contributed by atoms with E-state index in [2.05, 4.69) is 4.74 Å². The largest absolute Gasteiger partial charge is 0.371 e. The monoisotopic (exact) mass is 267 g/mol. The number of ether oxygens (including phenoxy) is 1. The molecule has 0 aliphatic carbocycles.